The zero-order valence-corrected chi connectivity index (χ0v) is 17.3. The van der Waals surface area contributed by atoms with E-state index in [-0.39, 0.29) is 40.2 Å². The highest BCUT2D eigenvalue weighted by molar-refractivity contribution is 7.89. The van der Waals surface area contributed by atoms with Gasteiger partial charge >= 0.3 is 0 Å². The summed E-state index contributed by atoms with van der Waals surface area (Å²) >= 11 is 6.14. The number of hydrogen-bond acceptors (Lipinski definition) is 6. The van der Waals surface area contributed by atoms with Crippen LogP contribution in [0.15, 0.2) is 34.9 Å². The van der Waals surface area contributed by atoms with Gasteiger partial charge in [0, 0.05) is 25.8 Å². The summed E-state index contributed by atoms with van der Waals surface area (Å²) in [6, 6.07) is 6.07. The molecule has 152 valence electrons. The number of carbonyl (C=O) groups is 1. The van der Waals surface area contributed by atoms with Gasteiger partial charge in [-0.1, -0.05) is 25.4 Å². The topological polar surface area (TPSA) is 112 Å². The summed E-state index contributed by atoms with van der Waals surface area (Å²) in [4.78, 5) is 12.1. The van der Waals surface area contributed by atoms with Gasteiger partial charge in [0.1, 0.15) is 11.6 Å². The highest BCUT2D eigenvalue weighted by atomic mass is 35.5. The molecular formula is C18H23ClN4O4S. The predicted octanol–water partition coefficient (Wildman–Crippen LogP) is 1.95. The van der Waals surface area contributed by atoms with Gasteiger partial charge in [0.05, 0.1) is 28.8 Å². The van der Waals surface area contributed by atoms with E-state index in [1.54, 1.807) is 0 Å². The molecular weight excluding hydrogens is 404 g/mol. The molecule has 10 heteroatoms. The Labute approximate surface area is 170 Å². The van der Waals surface area contributed by atoms with Gasteiger partial charge in [0.2, 0.25) is 10.0 Å². The molecule has 0 atom stereocenters. The summed E-state index contributed by atoms with van der Waals surface area (Å²) in [5.74, 6) is -0.273. The molecule has 1 aliphatic heterocycles. The van der Waals surface area contributed by atoms with Crippen LogP contribution in [0.25, 0.3) is 0 Å². The molecule has 1 aromatic carbocycles. The fourth-order valence-electron chi connectivity index (χ4n) is 2.40. The SMILES string of the molecule is CC(C)CNC(=O)/C(C#N)=C\Nc1cc(S(=O)(=O)N2CCOCC2)ccc1Cl. The van der Waals surface area contributed by atoms with E-state index in [4.69, 9.17) is 16.3 Å². The fraction of sp³-hybridized carbons (Fsp3) is 0.444. The minimum absolute atomic E-state index is 0.0671. The van der Waals surface area contributed by atoms with E-state index < -0.39 is 15.9 Å². The molecule has 2 N–H and O–H groups in total. The third kappa shape index (κ3) is 5.69. The van der Waals surface area contributed by atoms with Crippen LogP contribution < -0.4 is 10.6 Å². The minimum atomic E-state index is -3.69. The second kappa shape index (κ2) is 9.89. The number of amides is 1. The fourth-order valence-corrected chi connectivity index (χ4v) is 4.01. The van der Waals surface area contributed by atoms with Crippen molar-refractivity contribution in [3.63, 3.8) is 0 Å². The van der Waals surface area contributed by atoms with Crippen molar-refractivity contribution in [1.82, 2.24) is 9.62 Å². The Morgan fingerprint density at radius 1 is 1.39 bits per heavy atom. The van der Waals surface area contributed by atoms with Crippen molar-refractivity contribution < 1.29 is 17.9 Å². The largest absolute Gasteiger partial charge is 0.379 e. The molecule has 0 saturated carbocycles. The van der Waals surface area contributed by atoms with Crippen molar-refractivity contribution in [2.24, 2.45) is 5.92 Å². The number of nitrogens with one attached hydrogen (secondary N) is 2. The average molecular weight is 427 g/mol. The molecule has 2 rings (SSSR count). The van der Waals surface area contributed by atoms with Crippen LogP contribution in [0.3, 0.4) is 0 Å². The van der Waals surface area contributed by atoms with Crippen LogP contribution in [0.2, 0.25) is 5.02 Å². The van der Waals surface area contributed by atoms with Gasteiger partial charge in [-0.05, 0) is 24.1 Å². The maximum absolute atomic E-state index is 12.8. The van der Waals surface area contributed by atoms with Crippen molar-refractivity contribution in [2.75, 3.05) is 38.2 Å². The lowest BCUT2D eigenvalue weighted by atomic mass is 10.2. The molecule has 0 aromatic heterocycles. The Morgan fingerprint density at radius 3 is 2.68 bits per heavy atom. The molecule has 0 spiro atoms. The third-order valence-corrected chi connectivity index (χ3v) is 6.18. The summed E-state index contributed by atoms with van der Waals surface area (Å²) in [5, 5.41) is 14.9. The first-order valence-corrected chi connectivity index (χ1v) is 10.6. The number of ether oxygens (including phenoxy) is 1. The Morgan fingerprint density at radius 2 is 2.07 bits per heavy atom. The number of halogens is 1. The number of nitrogens with zero attached hydrogens (tertiary/aromatic N) is 2. The van der Waals surface area contributed by atoms with Crippen molar-refractivity contribution in [2.45, 2.75) is 18.7 Å². The molecule has 0 bridgehead atoms. The van der Waals surface area contributed by atoms with Crippen LogP contribution in [0.1, 0.15) is 13.8 Å². The second-order valence-corrected chi connectivity index (χ2v) is 8.92. The summed E-state index contributed by atoms with van der Waals surface area (Å²) in [6.07, 6.45) is 1.21. The van der Waals surface area contributed by atoms with E-state index in [1.165, 1.54) is 28.7 Å². The van der Waals surface area contributed by atoms with Crippen LogP contribution in [0.4, 0.5) is 5.69 Å². The second-order valence-electron chi connectivity index (χ2n) is 6.58. The average Bonchev–Trinajstić information content (AvgIpc) is 2.68. The summed E-state index contributed by atoms with van der Waals surface area (Å²) in [6.45, 7) is 5.56. The number of anilines is 1. The van der Waals surface area contributed by atoms with Gasteiger partial charge in [-0.15, -0.1) is 0 Å². The van der Waals surface area contributed by atoms with Crippen LogP contribution in [0.5, 0.6) is 0 Å². The predicted molar refractivity (Wildman–Crippen MR) is 106 cm³/mol. The van der Waals surface area contributed by atoms with Crippen molar-refractivity contribution in [1.29, 1.82) is 5.26 Å². The number of nitriles is 1. The Hall–Kier alpha value is -2.12. The van der Waals surface area contributed by atoms with Crippen LogP contribution in [-0.4, -0.2) is 51.5 Å². The molecule has 1 aliphatic rings. The van der Waals surface area contributed by atoms with E-state index in [1.807, 2.05) is 19.9 Å². The Kier molecular flexibility index (Phi) is 7.83. The van der Waals surface area contributed by atoms with Crippen LogP contribution in [-0.2, 0) is 19.6 Å². The van der Waals surface area contributed by atoms with Gasteiger partial charge in [-0.3, -0.25) is 4.79 Å². The normalized spacial score (nSPS) is 15.9. The van der Waals surface area contributed by atoms with Gasteiger partial charge in [-0.25, -0.2) is 8.42 Å². The lowest BCUT2D eigenvalue weighted by molar-refractivity contribution is -0.117. The quantitative estimate of drug-likeness (QED) is 0.509. The van der Waals surface area contributed by atoms with Crippen molar-refractivity contribution >= 4 is 33.2 Å². The number of rotatable bonds is 7. The number of hydrogen-bond donors (Lipinski definition) is 2. The maximum Gasteiger partial charge on any atom is 0.263 e. The molecule has 0 unspecified atom stereocenters. The van der Waals surface area contributed by atoms with E-state index in [9.17, 15) is 18.5 Å². The van der Waals surface area contributed by atoms with Crippen LogP contribution >= 0.6 is 11.6 Å². The van der Waals surface area contributed by atoms with E-state index in [0.717, 1.165) is 0 Å². The van der Waals surface area contributed by atoms with Gasteiger partial charge in [0.15, 0.2) is 0 Å². The number of benzene rings is 1. The van der Waals surface area contributed by atoms with Gasteiger partial charge < -0.3 is 15.4 Å². The van der Waals surface area contributed by atoms with Gasteiger partial charge in [0.25, 0.3) is 5.91 Å². The van der Waals surface area contributed by atoms with Gasteiger partial charge in [-0.2, -0.15) is 9.57 Å². The van der Waals surface area contributed by atoms with E-state index in [0.29, 0.717) is 19.8 Å². The number of morpholine rings is 1. The summed E-state index contributed by atoms with van der Waals surface area (Å²) < 4.78 is 32.1. The molecule has 1 heterocycles. The summed E-state index contributed by atoms with van der Waals surface area (Å²) in [5.41, 5.74) is 0.138. The first-order chi connectivity index (χ1) is 13.3. The van der Waals surface area contributed by atoms with E-state index >= 15 is 0 Å². The highest BCUT2D eigenvalue weighted by Crippen LogP contribution is 2.27. The standard InChI is InChI=1S/C18H23ClN4O4S/c1-13(2)11-22-18(24)14(10-20)12-21-17-9-15(3-4-16(17)19)28(25,26)23-5-7-27-8-6-23/h3-4,9,12-13,21H,5-8,11H2,1-2H3,(H,22,24)/b14-12-. The first-order valence-electron chi connectivity index (χ1n) is 8.78. The highest BCUT2D eigenvalue weighted by Gasteiger charge is 2.26. The molecule has 1 aromatic rings. The first kappa shape index (κ1) is 22.2. The smallest absolute Gasteiger partial charge is 0.263 e. The van der Waals surface area contributed by atoms with Crippen molar-refractivity contribution in [3.05, 3.63) is 35.0 Å². The minimum Gasteiger partial charge on any atom is -0.379 e. The molecule has 28 heavy (non-hydrogen) atoms. The maximum atomic E-state index is 12.8. The lowest BCUT2D eigenvalue weighted by Crippen LogP contribution is -2.40. The number of sulfonamides is 1. The zero-order chi connectivity index (χ0) is 20.7. The Balaban J connectivity index is 2.21. The molecule has 0 aliphatic carbocycles. The Bertz CT molecular complexity index is 887. The number of carbonyl (C=O) groups excluding carboxylic acids is 1. The van der Waals surface area contributed by atoms with Crippen LogP contribution in [0, 0.1) is 17.2 Å². The van der Waals surface area contributed by atoms with Crippen molar-refractivity contribution in [3.8, 4) is 6.07 Å². The third-order valence-electron chi connectivity index (χ3n) is 3.95. The monoisotopic (exact) mass is 426 g/mol. The van der Waals surface area contributed by atoms with E-state index in [2.05, 4.69) is 10.6 Å². The molecule has 8 nitrogen and oxygen atoms in total. The molecule has 0 radical (unpaired) electrons. The lowest BCUT2D eigenvalue weighted by Gasteiger charge is -2.26. The summed E-state index contributed by atoms with van der Waals surface area (Å²) in [7, 11) is -3.69. The molecule has 1 fully saturated rings. The molecule has 1 saturated heterocycles. The molecule has 1 amide bonds. The zero-order valence-electron chi connectivity index (χ0n) is 15.7.